The molecule has 2 heterocycles. The van der Waals surface area contributed by atoms with Crippen LogP contribution in [-0.2, 0) is 4.79 Å². The Morgan fingerprint density at radius 2 is 2.00 bits per heavy atom. The SMILES string of the molecule is Cc1cc(C)c2nc(NC(=O)/C=C/c3ccc(-c4cccc(Cl)c4Cl)o3)sc2c1. The first kappa shape index (κ1) is 19.7. The molecule has 4 nitrogen and oxygen atoms in total. The van der Waals surface area contributed by atoms with Crippen LogP contribution in [0.5, 0.6) is 0 Å². The Kier molecular flexibility index (Phi) is 5.46. The largest absolute Gasteiger partial charge is 0.457 e. The number of nitrogens with one attached hydrogen (secondary N) is 1. The Hall–Kier alpha value is -2.60. The number of aromatic nitrogens is 1. The van der Waals surface area contributed by atoms with Crippen LogP contribution in [0.3, 0.4) is 0 Å². The number of carbonyl (C=O) groups excluding carboxylic acids is 1. The highest BCUT2D eigenvalue weighted by molar-refractivity contribution is 7.22. The van der Waals surface area contributed by atoms with Gasteiger partial charge in [-0.2, -0.15) is 0 Å². The fraction of sp³-hybridized carbons (Fsp3) is 0.0909. The maximum absolute atomic E-state index is 12.3. The minimum Gasteiger partial charge on any atom is -0.457 e. The molecule has 1 N–H and O–H groups in total. The minimum atomic E-state index is -0.280. The summed E-state index contributed by atoms with van der Waals surface area (Å²) in [7, 11) is 0. The summed E-state index contributed by atoms with van der Waals surface area (Å²) >= 11 is 13.7. The second kappa shape index (κ2) is 8.03. The number of rotatable bonds is 4. The van der Waals surface area contributed by atoms with Crippen LogP contribution < -0.4 is 5.32 Å². The summed E-state index contributed by atoms with van der Waals surface area (Å²) in [5.74, 6) is 0.828. The molecular weight excluding hydrogens is 427 g/mol. The van der Waals surface area contributed by atoms with Crippen molar-refractivity contribution in [1.29, 1.82) is 0 Å². The normalized spacial score (nSPS) is 11.4. The number of anilines is 1. The second-order valence-corrected chi connectivity index (χ2v) is 8.39. The van der Waals surface area contributed by atoms with Crippen molar-refractivity contribution in [2.75, 3.05) is 5.32 Å². The molecule has 0 aliphatic rings. The number of hydrogen-bond acceptors (Lipinski definition) is 4. The molecule has 1 amide bonds. The van der Waals surface area contributed by atoms with E-state index in [9.17, 15) is 4.79 Å². The lowest BCUT2D eigenvalue weighted by Crippen LogP contribution is -2.07. The van der Waals surface area contributed by atoms with E-state index >= 15 is 0 Å². The number of fused-ring (bicyclic) bond motifs is 1. The smallest absolute Gasteiger partial charge is 0.250 e. The van der Waals surface area contributed by atoms with Gasteiger partial charge in [-0.05, 0) is 61.4 Å². The van der Waals surface area contributed by atoms with E-state index in [0.29, 0.717) is 32.3 Å². The highest BCUT2D eigenvalue weighted by Crippen LogP contribution is 2.34. The lowest BCUT2D eigenvalue weighted by molar-refractivity contribution is -0.111. The highest BCUT2D eigenvalue weighted by atomic mass is 35.5. The van der Waals surface area contributed by atoms with E-state index in [2.05, 4.69) is 22.4 Å². The number of hydrogen-bond donors (Lipinski definition) is 1. The summed E-state index contributed by atoms with van der Waals surface area (Å²) in [4.78, 5) is 16.8. The van der Waals surface area contributed by atoms with E-state index in [1.165, 1.54) is 23.0 Å². The van der Waals surface area contributed by atoms with E-state index in [-0.39, 0.29) is 5.91 Å². The van der Waals surface area contributed by atoms with Crippen LogP contribution in [-0.4, -0.2) is 10.9 Å². The molecule has 2 aromatic carbocycles. The van der Waals surface area contributed by atoms with Gasteiger partial charge in [0.15, 0.2) is 5.13 Å². The summed E-state index contributed by atoms with van der Waals surface area (Å²) in [5, 5.41) is 4.25. The summed E-state index contributed by atoms with van der Waals surface area (Å²) in [6, 6.07) is 13.0. The summed E-state index contributed by atoms with van der Waals surface area (Å²) in [6.07, 6.45) is 3.01. The number of thiazole rings is 1. The van der Waals surface area contributed by atoms with E-state index < -0.39 is 0 Å². The number of halogens is 2. The molecule has 0 aliphatic carbocycles. The van der Waals surface area contributed by atoms with Crippen molar-refractivity contribution in [1.82, 2.24) is 4.98 Å². The third-order valence-corrected chi connectivity index (χ3v) is 6.04. The summed E-state index contributed by atoms with van der Waals surface area (Å²) < 4.78 is 6.81. The quantitative estimate of drug-likeness (QED) is 0.341. The van der Waals surface area contributed by atoms with Gasteiger partial charge < -0.3 is 4.42 Å². The van der Waals surface area contributed by atoms with Crippen molar-refractivity contribution in [3.63, 3.8) is 0 Å². The molecular formula is C22H16Cl2N2O2S. The Morgan fingerprint density at radius 3 is 2.83 bits per heavy atom. The molecule has 7 heteroatoms. The number of carbonyl (C=O) groups is 1. The predicted molar refractivity (Wildman–Crippen MR) is 121 cm³/mol. The molecule has 0 atom stereocenters. The van der Waals surface area contributed by atoms with Gasteiger partial charge in [0.2, 0.25) is 5.91 Å². The van der Waals surface area contributed by atoms with Crippen LogP contribution in [0, 0.1) is 13.8 Å². The molecule has 0 spiro atoms. The third-order valence-electron chi connectivity index (χ3n) is 4.30. The maximum atomic E-state index is 12.3. The van der Waals surface area contributed by atoms with Gasteiger partial charge in [0, 0.05) is 11.6 Å². The zero-order chi connectivity index (χ0) is 20.5. The molecule has 0 saturated heterocycles. The van der Waals surface area contributed by atoms with Gasteiger partial charge in [0.05, 0.1) is 20.3 Å². The van der Waals surface area contributed by atoms with Crippen LogP contribution in [0.2, 0.25) is 10.0 Å². The number of amides is 1. The monoisotopic (exact) mass is 442 g/mol. The van der Waals surface area contributed by atoms with Crippen LogP contribution in [0.15, 0.2) is 53.0 Å². The van der Waals surface area contributed by atoms with Crippen molar-refractivity contribution in [3.8, 4) is 11.3 Å². The zero-order valence-corrected chi connectivity index (χ0v) is 18.0. The lowest BCUT2D eigenvalue weighted by atomic mass is 10.1. The number of aryl methyl sites for hydroxylation is 2. The Balaban J connectivity index is 1.48. The van der Waals surface area contributed by atoms with Crippen molar-refractivity contribution < 1.29 is 9.21 Å². The van der Waals surface area contributed by atoms with E-state index in [1.807, 2.05) is 19.9 Å². The molecule has 0 saturated carbocycles. The van der Waals surface area contributed by atoms with Gasteiger partial charge in [-0.15, -0.1) is 0 Å². The molecule has 0 aliphatic heterocycles. The zero-order valence-electron chi connectivity index (χ0n) is 15.6. The van der Waals surface area contributed by atoms with Crippen LogP contribution in [0.4, 0.5) is 5.13 Å². The van der Waals surface area contributed by atoms with Gasteiger partial charge >= 0.3 is 0 Å². The number of nitrogens with zero attached hydrogens (tertiary/aromatic N) is 1. The molecule has 29 heavy (non-hydrogen) atoms. The first-order valence-corrected chi connectivity index (χ1v) is 10.4. The topological polar surface area (TPSA) is 55.1 Å². The Bertz CT molecular complexity index is 1260. The van der Waals surface area contributed by atoms with Crippen LogP contribution in [0.25, 0.3) is 27.6 Å². The number of benzene rings is 2. The molecule has 146 valence electrons. The highest BCUT2D eigenvalue weighted by Gasteiger charge is 2.11. The third kappa shape index (κ3) is 4.22. The van der Waals surface area contributed by atoms with Crippen molar-refractivity contribution in [3.05, 3.63) is 75.5 Å². The fourth-order valence-corrected chi connectivity index (χ4v) is 4.45. The van der Waals surface area contributed by atoms with E-state index in [0.717, 1.165) is 15.8 Å². The van der Waals surface area contributed by atoms with Gasteiger partial charge in [-0.25, -0.2) is 4.98 Å². The van der Waals surface area contributed by atoms with E-state index in [4.69, 9.17) is 27.6 Å². The first-order valence-electron chi connectivity index (χ1n) is 8.82. The van der Waals surface area contributed by atoms with Crippen molar-refractivity contribution in [2.24, 2.45) is 0 Å². The molecule has 0 bridgehead atoms. The summed E-state index contributed by atoms with van der Waals surface area (Å²) in [5.41, 5.74) is 3.87. The standard InChI is InChI=1S/C22H16Cl2N2O2S/c1-12-10-13(2)21-18(11-12)29-22(26-21)25-19(27)9-7-14-6-8-17(28-14)15-4-3-5-16(23)20(15)24/h3-11H,1-2H3,(H,25,26,27)/b9-7+. The van der Waals surface area contributed by atoms with Gasteiger partial charge in [-0.3, -0.25) is 10.1 Å². The van der Waals surface area contributed by atoms with Gasteiger partial charge in [0.25, 0.3) is 0 Å². The summed E-state index contributed by atoms with van der Waals surface area (Å²) in [6.45, 7) is 4.06. The maximum Gasteiger partial charge on any atom is 0.250 e. The Morgan fingerprint density at radius 1 is 1.17 bits per heavy atom. The average Bonchev–Trinajstić information content (AvgIpc) is 3.29. The molecule has 0 fully saturated rings. The van der Waals surface area contributed by atoms with Crippen LogP contribution >= 0.6 is 34.5 Å². The van der Waals surface area contributed by atoms with Crippen molar-refractivity contribution >= 4 is 61.9 Å². The molecule has 4 aromatic rings. The average molecular weight is 443 g/mol. The van der Waals surface area contributed by atoms with Gasteiger partial charge in [0.1, 0.15) is 11.5 Å². The fourth-order valence-electron chi connectivity index (χ4n) is 3.01. The molecule has 4 rings (SSSR count). The molecule has 0 radical (unpaired) electrons. The van der Waals surface area contributed by atoms with Crippen LogP contribution in [0.1, 0.15) is 16.9 Å². The van der Waals surface area contributed by atoms with Crippen molar-refractivity contribution in [2.45, 2.75) is 13.8 Å². The lowest BCUT2D eigenvalue weighted by Gasteiger charge is -2.01. The minimum absolute atomic E-state index is 0.280. The molecule has 2 aromatic heterocycles. The number of furan rings is 1. The first-order chi connectivity index (χ1) is 13.9. The predicted octanol–water partition coefficient (Wildman–Crippen LogP) is 7.13. The second-order valence-electron chi connectivity index (χ2n) is 6.57. The Labute approximate surface area is 181 Å². The molecule has 0 unspecified atom stereocenters. The van der Waals surface area contributed by atoms with E-state index in [1.54, 1.807) is 30.3 Å². The van der Waals surface area contributed by atoms with Gasteiger partial charge in [-0.1, -0.05) is 46.7 Å².